The van der Waals surface area contributed by atoms with Crippen molar-refractivity contribution in [1.29, 1.82) is 0 Å². The molecule has 7 nitrogen and oxygen atoms in total. The van der Waals surface area contributed by atoms with Crippen LogP contribution in [0.25, 0.3) is 0 Å². The molecule has 0 aliphatic rings. The average molecular weight is 357 g/mol. The van der Waals surface area contributed by atoms with E-state index in [0.717, 1.165) is 5.56 Å². The number of nitrogens with one attached hydrogen (secondary N) is 2. The number of carbonyl (C=O) groups is 2. The molecule has 0 bridgehead atoms. The van der Waals surface area contributed by atoms with Crippen LogP contribution in [0.1, 0.15) is 17.2 Å². The van der Waals surface area contributed by atoms with E-state index in [1.807, 2.05) is 30.3 Å². The summed E-state index contributed by atoms with van der Waals surface area (Å²) in [6.07, 6.45) is -0.885. The standard InChI is InChI=1S/C19H23N3O4/c20-10-18(24)22-12-19(25)21-11-17(23)15-7-4-8-16(9-15)26-13-14-5-2-1-3-6-14/h1-9,17,23H,10-13,20H2,(H,21,25)(H,22,24). The van der Waals surface area contributed by atoms with Gasteiger partial charge in [-0.1, -0.05) is 42.5 Å². The van der Waals surface area contributed by atoms with Gasteiger partial charge in [-0.15, -0.1) is 0 Å². The van der Waals surface area contributed by atoms with Crippen molar-refractivity contribution < 1.29 is 19.4 Å². The van der Waals surface area contributed by atoms with Gasteiger partial charge in [-0.25, -0.2) is 0 Å². The van der Waals surface area contributed by atoms with Crippen molar-refractivity contribution >= 4 is 11.8 Å². The minimum Gasteiger partial charge on any atom is -0.489 e. The molecule has 2 amide bonds. The van der Waals surface area contributed by atoms with E-state index in [0.29, 0.717) is 17.9 Å². The lowest BCUT2D eigenvalue weighted by Crippen LogP contribution is -2.40. The Morgan fingerprint density at radius 1 is 1.04 bits per heavy atom. The van der Waals surface area contributed by atoms with Gasteiger partial charge in [0.25, 0.3) is 0 Å². The summed E-state index contributed by atoms with van der Waals surface area (Å²) in [4.78, 5) is 22.6. The lowest BCUT2D eigenvalue weighted by Gasteiger charge is -2.14. The highest BCUT2D eigenvalue weighted by atomic mass is 16.5. The van der Waals surface area contributed by atoms with Crippen LogP contribution in [0.3, 0.4) is 0 Å². The number of rotatable bonds is 9. The van der Waals surface area contributed by atoms with Crippen LogP contribution < -0.4 is 21.1 Å². The summed E-state index contributed by atoms with van der Waals surface area (Å²) in [7, 11) is 0. The van der Waals surface area contributed by atoms with Crippen molar-refractivity contribution in [1.82, 2.24) is 10.6 Å². The van der Waals surface area contributed by atoms with E-state index in [2.05, 4.69) is 10.6 Å². The number of nitrogens with two attached hydrogens (primary N) is 1. The first-order valence-corrected chi connectivity index (χ1v) is 8.26. The Labute approximate surface area is 152 Å². The Bertz CT molecular complexity index is 722. The molecule has 0 spiro atoms. The zero-order chi connectivity index (χ0) is 18.8. The predicted octanol–water partition coefficient (Wildman–Crippen LogP) is 0.490. The fraction of sp³-hybridized carbons (Fsp3) is 0.263. The molecule has 0 saturated heterocycles. The van der Waals surface area contributed by atoms with Crippen LogP contribution in [0, 0.1) is 0 Å². The molecule has 0 heterocycles. The number of aliphatic hydroxyl groups excluding tert-OH is 1. The summed E-state index contributed by atoms with van der Waals surface area (Å²) >= 11 is 0. The second kappa shape index (κ2) is 10.2. The molecule has 138 valence electrons. The molecular weight excluding hydrogens is 334 g/mol. The van der Waals surface area contributed by atoms with E-state index >= 15 is 0 Å². The highest BCUT2D eigenvalue weighted by molar-refractivity contribution is 5.85. The van der Waals surface area contributed by atoms with Gasteiger partial charge in [0.05, 0.1) is 19.2 Å². The van der Waals surface area contributed by atoms with Gasteiger partial charge in [0.15, 0.2) is 0 Å². The first kappa shape index (κ1) is 19.4. The van der Waals surface area contributed by atoms with Crippen LogP contribution in [-0.2, 0) is 16.2 Å². The molecule has 0 radical (unpaired) electrons. The Balaban J connectivity index is 1.82. The zero-order valence-corrected chi connectivity index (χ0v) is 14.4. The Kier molecular flexibility index (Phi) is 7.60. The normalized spacial score (nSPS) is 11.5. The number of carbonyl (C=O) groups excluding carboxylic acids is 2. The minimum absolute atomic E-state index is 0.0272. The maximum atomic E-state index is 11.6. The smallest absolute Gasteiger partial charge is 0.239 e. The SMILES string of the molecule is NCC(=O)NCC(=O)NCC(O)c1cccc(OCc2ccccc2)c1. The van der Waals surface area contributed by atoms with Crippen molar-refractivity contribution in [2.75, 3.05) is 19.6 Å². The maximum absolute atomic E-state index is 11.6. The van der Waals surface area contributed by atoms with Gasteiger partial charge < -0.3 is 26.2 Å². The molecule has 0 fully saturated rings. The maximum Gasteiger partial charge on any atom is 0.239 e. The predicted molar refractivity (Wildman–Crippen MR) is 97.2 cm³/mol. The number of benzene rings is 2. The quantitative estimate of drug-likeness (QED) is 0.522. The Hall–Kier alpha value is -2.90. The second-order valence-corrected chi connectivity index (χ2v) is 5.65. The Morgan fingerprint density at radius 2 is 1.81 bits per heavy atom. The van der Waals surface area contributed by atoms with E-state index in [4.69, 9.17) is 10.5 Å². The first-order valence-electron chi connectivity index (χ1n) is 8.26. The van der Waals surface area contributed by atoms with E-state index in [-0.39, 0.29) is 19.6 Å². The molecule has 7 heteroatoms. The number of amides is 2. The molecule has 2 rings (SSSR count). The van der Waals surface area contributed by atoms with Crippen molar-refractivity contribution in [2.24, 2.45) is 5.73 Å². The van der Waals surface area contributed by atoms with Gasteiger partial charge in [-0.2, -0.15) is 0 Å². The minimum atomic E-state index is -0.885. The number of hydrogen-bond acceptors (Lipinski definition) is 5. The molecule has 0 aromatic heterocycles. The van der Waals surface area contributed by atoms with Crippen LogP contribution in [0.4, 0.5) is 0 Å². The molecule has 5 N–H and O–H groups in total. The number of ether oxygens (including phenoxy) is 1. The highest BCUT2D eigenvalue weighted by Gasteiger charge is 2.11. The third kappa shape index (κ3) is 6.54. The van der Waals surface area contributed by atoms with Crippen molar-refractivity contribution in [3.8, 4) is 5.75 Å². The van der Waals surface area contributed by atoms with Crippen molar-refractivity contribution in [3.63, 3.8) is 0 Å². The monoisotopic (exact) mass is 357 g/mol. The number of aliphatic hydroxyl groups is 1. The third-order valence-corrected chi connectivity index (χ3v) is 3.62. The molecule has 0 aliphatic carbocycles. The largest absolute Gasteiger partial charge is 0.489 e. The molecule has 1 atom stereocenters. The van der Waals surface area contributed by atoms with E-state index < -0.39 is 17.9 Å². The van der Waals surface area contributed by atoms with E-state index in [1.54, 1.807) is 24.3 Å². The summed E-state index contributed by atoms with van der Waals surface area (Å²) in [6.45, 7) is 0.103. The fourth-order valence-corrected chi connectivity index (χ4v) is 2.19. The molecule has 0 saturated carbocycles. The van der Waals surface area contributed by atoms with Crippen LogP contribution in [0.15, 0.2) is 54.6 Å². The van der Waals surface area contributed by atoms with Crippen molar-refractivity contribution in [3.05, 3.63) is 65.7 Å². The summed E-state index contributed by atoms with van der Waals surface area (Å²) in [5.74, 6) is -0.182. The third-order valence-electron chi connectivity index (χ3n) is 3.62. The molecule has 26 heavy (non-hydrogen) atoms. The van der Waals surface area contributed by atoms with Gasteiger partial charge in [0, 0.05) is 6.54 Å². The average Bonchev–Trinajstić information content (AvgIpc) is 2.69. The first-order chi connectivity index (χ1) is 12.6. The highest BCUT2D eigenvalue weighted by Crippen LogP contribution is 2.20. The molecule has 0 aliphatic heterocycles. The fourth-order valence-electron chi connectivity index (χ4n) is 2.19. The van der Waals surface area contributed by atoms with E-state index in [1.165, 1.54) is 0 Å². The van der Waals surface area contributed by atoms with Gasteiger partial charge in [-0.3, -0.25) is 9.59 Å². The summed E-state index contributed by atoms with van der Waals surface area (Å²) in [5.41, 5.74) is 6.81. The van der Waals surface area contributed by atoms with Gasteiger partial charge in [0.2, 0.25) is 11.8 Å². The van der Waals surface area contributed by atoms with Gasteiger partial charge >= 0.3 is 0 Å². The molecular formula is C19H23N3O4. The summed E-state index contributed by atoms with van der Waals surface area (Å²) < 4.78 is 5.73. The van der Waals surface area contributed by atoms with Gasteiger partial charge in [-0.05, 0) is 23.3 Å². The summed E-state index contributed by atoms with van der Waals surface area (Å²) in [6, 6.07) is 16.8. The lowest BCUT2D eigenvalue weighted by atomic mass is 10.1. The van der Waals surface area contributed by atoms with Crippen LogP contribution in [0.2, 0.25) is 0 Å². The van der Waals surface area contributed by atoms with Crippen molar-refractivity contribution in [2.45, 2.75) is 12.7 Å². The summed E-state index contributed by atoms with van der Waals surface area (Å²) in [5, 5.41) is 15.1. The van der Waals surface area contributed by atoms with E-state index in [9.17, 15) is 14.7 Å². The topological polar surface area (TPSA) is 114 Å². The van der Waals surface area contributed by atoms with Crippen LogP contribution in [0.5, 0.6) is 5.75 Å². The van der Waals surface area contributed by atoms with Crippen LogP contribution >= 0.6 is 0 Å². The molecule has 1 unspecified atom stereocenters. The zero-order valence-electron chi connectivity index (χ0n) is 14.4. The lowest BCUT2D eigenvalue weighted by molar-refractivity contribution is -0.125. The molecule has 2 aromatic carbocycles. The van der Waals surface area contributed by atoms with Gasteiger partial charge in [0.1, 0.15) is 12.4 Å². The number of hydrogen-bond donors (Lipinski definition) is 4. The molecule has 2 aromatic rings. The Morgan fingerprint density at radius 3 is 2.54 bits per heavy atom. The second-order valence-electron chi connectivity index (χ2n) is 5.65. The van der Waals surface area contributed by atoms with Crippen LogP contribution in [-0.4, -0.2) is 36.6 Å².